The fraction of sp³-hybridized carbons (Fsp3) is 0.521. The lowest BCUT2D eigenvalue weighted by Gasteiger charge is -2.18. The number of amides is 1. The van der Waals surface area contributed by atoms with E-state index >= 15 is 0 Å². The number of phosphoric ester groups is 1. The van der Waals surface area contributed by atoms with E-state index in [0.29, 0.717) is 25.7 Å². The van der Waals surface area contributed by atoms with Crippen molar-refractivity contribution in [2.75, 3.05) is 19.8 Å². The highest BCUT2D eigenvalue weighted by Gasteiger charge is 2.28. The summed E-state index contributed by atoms with van der Waals surface area (Å²) in [6.45, 7) is 2.31. The molecule has 0 aromatic carbocycles. The molecule has 0 aliphatic rings. The number of unbranched alkanes of at least 4 members (excludes halogenated alkanes) is 4. The van der Waals surface area contributed by atoms with Crippen LogP contribution in [0.1, 0.15) is 129 Å². The van der Waals surface area contributed by atoms with Gasteiger partial charge in [-0.3, -0.25) is 18.6 Å². The van der Waals surface area contributed by atoms with Crippen LogP contribution in [0.15, 0.2) is 122 Å². The molecule has 4 N–H and O–H groups in total. The molecule has 0 rings (SSSR count). The quantitative estimate of drug-likeness (QED) is 0.0203. The number of phosphoric acid groups is 1. The average Bonchev–Trinajstić information content (AvgIpc) is 3.22. The van der Waals surface area contributed by atoms with E-state index in [2.05, 4.69) is 110 Å². The van der Waals surface area contributed by atoms with Crippen molar-refractivity contribution in [3.05, 3.63) is 122 Å². The molecule has 0 aliphatic carbocycles. The minimum absolute atomic E-state index is 0.00862. The monoisotopic (exact) mass is 856 g/mol. The van der Waals surface area contributed by atoms with E-state index in [-0.39, 0.29) is 12.8 Å². The number of nitrogens with one attached hydrogen (secondary N) is 1. The molecule has 0 aromatic heterocycles. The molecule has 0 aromatic rings. The van der Waals surface area contributed by atoms with Gasteiger partial charge >= 0.3 is 19.8 Å². The molecule has 3 unspecified atom stereocenters. The molecule has 0 bridgehead atoms. The highest BCUT2D eigenvalue weighted by molar-refractivity contribution is 7.47. The van der Waals surface area contributed by atoms with Crippen LogP contribution in [0.2, 0.25) is 0 Å². The number of carboxylic acids is 1. The zero-order valence-electron chi connectivity index (χ0n) is 36.2. The SMILES string of the molecule is CC/C=C\C/C=C\C/C=C\C/C=C\C/C=C\C/C=C\CCC(=O)NC(COP(=O)(O)OCC(O)COC(=O)CCC/C=C\C/C=C\C/C=C\C/C=C\CCCCC)C(=O)O. The number of aliphatic hydroxyl groups is 1. The molecule has 12 heteroatoms. The third kappa shape index (κ3) is 40.7. The van der Waals surface area contributed by atoms with E-state index in [0.717, 1.165) is 57.8 Å². The van der Waals surface area contributed by atoms with Gasteiger partial charge in [-0.1, -0.05) is 148 Å². The molecule has 0 spiro atoms. The number of esters is 1. The Labute approximate surface area is 360 Å². The Hall–Kier alpha value is -4.12. The number of carbonyl (C=O) groups is 3. The molecular weight excluding hydrogens is 781 g/mol. The van der Waals surface area contributed by atoms with Crippen LogP contribution in [-0.2, 0) is 32.7 Å². The molecule has 0 fully saturated rings. The largest absolute Gasteiger partial charge is 0.480 e. The lowest BCUT2D eigenvalue weighted by atomic mass is 10.2. The van der Waals surface area contributed by atoms with Gasteiger partial charge < -0.3 is 25.2 Å². The Morgan fingerprint density at radius 2 is 0.967 bits per heavy atom. The second-order valence-electron chi connectivity index (χ2n) is 13.8. The van der Waals surface area contributed by atoms with Crippen LogP contribution in [0.25, 0.3) is 0 Å². The third-order valence-electron chi connectivity index (χ3n) is 8.25. The van der Waals surface area contributed by atoms with Gasteiger partial charge in [0.05, 0.1) is 13.2 Å². The van der Waals surface area contributed by atoms with Crippen molar-refractivity contribution in [3.8, 4) is 0 Å². The van der Waals surface area contributed by atoms with Crippen molar-refractivity contribution in [3.63, 3.8) is 0 Å². The first kappa shape index (κ1) is 55.9. The molecule has 1 amide bonds. The van der Waals surface area contributed by atoms with Crippen LogP contribution in [-0.4, -0.2) is 64.9 Å². The first-order chi connectivity index (χ1) is 29.1. The van der Waals surface area contributed by atoms with Crippen molar-refractivity contribution >= 4 is 25.7 Å². The Bertz CT molecular complexity index is 1470. The van der Waals surface area contributed by atoms with Crippen molar-refractivity contribution in [1.29, 1.82) is 0 Å². The smallest absolute Gasteiger partial charge is 0.472 e. The maximum absolute atomic E-state index is 12.3. The number of hydrogen-bond donors (Lipinski definition) is 4. The first-order valence-electron chi connectivity index (χ1n) is 21.6. The van der Waals surface area contributed by atoms with Crippen LogP contribution in [0.3, 0.4) is 0 Å². The van der Waals surface area contributed by atoms with Gasteiger partial charge in [0.1, 0.15) is 12.7 Å². The first-order valence-corrected chi connectivity index (χ1v) is 23.1. The number of aliphatic carboxylic acids is 1. The number of rotatable bonds is 38. The van der Waals surface area contributed by atoms with Gasteiger partial charge in [0.2, 0.25) is 5.91 Å². The van der Waals surface area contributed by atoms with E-state index in [9.17, 15) is 34.1 Å². The normalized spacial score (nSPS) is 14.9. The Morgan fingerprint density at radius 3 is 1.42 bits per heavy atom. The molecule has 0 aliphatic heterocycles. The lowest BCUT2D eigenvalue weighted by molar-refractivity contribution is -0.147. The maximum Gasteiger partial charge on any atom is 0.472 e. The van der Waals surface area contributed by atoms with Gasteiger partial charge in [0.15, 0.2) is 6.04 Å². The summed E-state index contributed by atoms with van der Waals surface area (Å²) in [6, 6.07) is -1.60. The summed E-state index contributed by atoms with van der Waals surface area (Å²) in [6.07, 6.45) is 55.3. The molecule has 60 heavy (non-hydrogen) atoms. The minimum atomic E-state index is -4.80. The molecule has 0 radical (unpaired) electrons. The van der Waals surface area contributed by atoms with Crippen molar-refractivity contribution in [1.82, 2.24) is 5.32 Å². The molecule has 0 saturated carbocycles. The van der Waals surface area contributed by atoms with Gasteiger partial charge in [-0.15, -0.1) is 0 Å². The number of allylic oxidation sites excluding steroid dienone is 20. The van der Waals surface area contributed by atoms with E-state index in [1.54, 1.807) is 0 Å². The summed E-state index contributed by atoms with van der Waals surface area (Å²) in [5.74, 6) is -2.57. The molecule has 11 nitrogen and oxygen atoms in total. The van der Waals surface area contributed by atoms with E-state index in [1.807, 2.05) is 30.4 Å². The molecule has 0 heterocycles. The zero-order valence-corrected chi connectivity index (χ0v) is 37.1. The van der Waals surface area contributed by atoms with Gasteiger partial charge in [-0.05, 0) is 89.9 Å². The number of ether oxygens (including phenoxy) is 1. The van der Waals surface area contributed by atoms with Gasteiger partial charge in [-0.25, -0.2) is 9.36 Å². The summed E-state index contributed by atoms with van der Waals surface area (Å²) in [4.78, 5) is 45.8. The van der Waals surface area contributed by atoms with Crippen LogP contribution < -0.4 is 5.32 Å². The highest BCUT2D eigenvalue weighted by Crippen LogP contribution is 2.43. The summed E-state index contributed by atoms with van der Waals surface area (Å²) in [7, 11) is -4.80. The predicted octanol–water partition coefficient (Wildman–Crippen LogP) is 11.2. The van der Waals surface area contributed by atoms with Crippen LogP contribution >= 0.6 is 7.82 Å². The number of carboxylic acid groups (broad SMARTS) is 1. The summed E-state index contributed by atoms with van der Waals surface area (Å²) in [5, 5.41) is 21.7. The summed E-state index contributed by atoms with van der Waals surface area (Å²) in [5.41, 5.74) is 0. The topological polar surface area (TPSA) is 169 Å². The molecule has 3 atom stereocenters. The Kier molecular flexibility index (Phi) is 38.8. The minimum Gasteiger partial charge on any atom is -0.480 e. The van der Waals surface area contributed by atoms with Crippen LogP contribution in [0.5, 0.6) is 0 Å². The Morgan fingerprint density at radius 1 is 0.550 bits per heavy atom. The fourth-order valence-corrected chi connectivity index (χ4v) is 5.69. The second kappa shape index (κ2) is 41.6. The number of hydrogen-bond acceptors (Lipinski definition) is 8. The second-order valence-corrected chi connectivity index (χ2v) is 15.2. The molecule has 336 valence electrons. The number of aliphatic hydroxyl groups excluding tert-OH is 1. The summed E-state index contributed by atoms with van der Waals surface area (Å²) < 4.78 is 26.7. The van der Waals surface area contributed by atoms with Crippen molar-refractivity contribution in [2.45, 2.75) is 142 Å². The fourth-order valence-electron chi connectivity index (χ4n) is 4.92. The lowest BCUT2D eigenvalue weighted by Crippen LogP contribution is -2.43. The van der Waals surface area contributed by atoms with Gasteiger partial charge in [0, 0.05) is 12.8 Å². The average molecular weight is 856 g/mol. The van der Waals surface area contributed by atoms with E-state index in [4.69, 9.17) is 13.8 Å². The number of carbonyl (C=O) groups excluding carboxylic acids is 2. The molecular formula is C48H74NO10P. The standard InChI is InChI=1S/C48H74NO10P/c1-3-5-7-9-11-13-15-17-19-21-22-24-25-27-29-31-33-35-37-39-46(51)49-45(48(53)54)43-59-60(55,56)58-42-44(50)41-57-47(52)40-38-36-34-32-30-28-26-23-20-18-16-14-12-10-8-6-4-2/h5,7,11-14,17-20,22,24,26-29,32-35,44-45,50H,3-4,6,8-10,15-16,21,23,25,30-31,36-43H2,1-2H3,(H,49,51)(H,53,54)(H,55,56)/b7-5-,13-11-,14-12-,19-17-,20-18-,24-22-,28-26-,29-27-,34-32-,35-33-. The maximum atomic E-state index is 12.3. The van der Waals surface area contributed by atoms with E-state index < -0.39 is 57.6 Å². The van der Waals surface area contributed by atoms with E-state index in [1.165, 1.54) is 19.3 Å². The molecule has 0 saturated heterocycles. The third-order valence-corrected chi connectivity index (χ3v) is 9.20. The van der Waals surface area contributed by atoms with Crippen LogP contribution in [0, 0.1) is 0 Å². The Balaban J connectivity index is 4.12. The van der Waals surface area contributed by atoms with Gasteiger partial charge in [-0.2, -0.15) is 0 Å². The van der Waals surface area contributed by atoms with Crippen LogP contribution in [0.4, 0.5) is 0 Å². The van der Waals surface area contributed by atoms with Crippen molar-refractivity contribution < 1.29 is 47.8 Å². The summed E-state index contributed by atoms with van der Waals surface area (Å²) >= 11 is 0. The highest BCUT2D eigenvalue weighted by atomic mass is 31.2. The zero-order chi connectivity index (χ0) is 44.2. The van der Waals surface area contributed by atoms with Gasteiger partial charge in [0.25, 0.3) is 0 Å². The predicted molar refractivity (Wildman–Crippen MR) is 244 cm³/mol. The van der Waals surface area contributed by atoms with Crippen molar-refractivity contribution in [2.24, 2.45) is 0 Å².